The van der Waals surface area contributed by atoms with Crippen molar-refractivity contribution < 1.29 is 4.79 Å². The molecule has 1 aromatic carbocycles. The van der Waals surface area contributed by atoms with Crippen LogP contribution in [-0.2, 0) is 0 Å². The number of hydrogen-bond donors (Lipinski definition) is 1. The second-order valence-corrected chi connectivity index (χ2v) is 8.89. The Labute approximate surface area is 185 Å². The molecule has 2 heterocycles. The van der Waals surface area contributed by atoms with Crippen molar-refractivity contribution in [3.63, 3.8) is 0 Å². The van der Waals surface area contributed by atoms with Gasteiger partial charge in [0.2, 0.25) is 5.95 Å². The topological polar surface area (TPSA) is 64.6 Å². The van der Waals surface area contributed by atoms with Crippen molar-refractivity contribution in [1.29, 1.82) is 0 Å². The Balaban J connectivity index is 1.37. The van der Waals surface area contributed by atoms with E-state index in [1.54, 1.807) is 0 Å². The highest BCUT2D eigenvalue weighted by molar-refractivity contribution is 5.94. The average molecular weight is 423 g/mol. The number of nitrogens with zero attached hydrogens (tertiary/aromatic N) is 5. The summed E-state index contributed by atoms with van der Waals surface area (Å²) in [4.78, 5) is 28.6. The molecular formula is C24H34N6O. The lowest BCUT2D eigenvalue weighted by atomic mass is 9.96. The quantitative estimate of drug-likeness (QED) is 0.795. The van der Waals surface area contributed by atoms with Gasteiger partial charge in [-0.3, -0.25) is 4.79 Å². The molecule has 1 saturated carbocycles. The van der Waals surface area contributed by atoms with Gasteiger partial charge in [-0.15, -0.1) is 0 Å². The van der Waals surface area contributed by atoms with Crippen LogP contribution in [0.15, 0.2) is 30.3 Å². The lowest BCUT2D eigenvalue weighted by Crippen LogP contribution is -2.49. The molecule has 0 radical (unpaired) electrons. The summed E-state index contributed by atoms with van der Waals surface area (Å²) in [5.41, 5.74) is 2.82. The molecule has 0 unspecified atom stereocenters. The highest BCUT2D eigenvalue weighted by atomic mass is 16.2. The SMILES string of the molecule is Cc1cc(N2CCN(C(=O)c3ccc(N(C)C)cc3)CC2)nc(NC2CCCCC2)n1. The molecule has 7 heteroatoms. The Bertz CT molecular complexity index is 883. The molecule has 1 saturated heterocycles. The molecule has 4 rings (SSSR count). The lowest BCUT2D eigenvalue weighted by Gasteiger charge is -2.35. The van der Waals surface area contributed by atoms with E-state index in [9.17, 15) is 4.79 Å². The zero-order valence-electron chi connectivity index (χ0n) is 19.0. The van der Waals surface area contributed by atoms with Gasteiger partial charge in [0.1, 0.15) is 5.82 Å². The predicted octanol–water partition coefficient (Wildman–Crippen LogP) is 3.56. The van der Waals surface area contributed by atoms with E-state index in [1.165, 1.54) is 32.1 Å². The summed E-state index contributed by atoms with van der Waals surface area (Å²) in [5.74, 6) is 1.79. The maximum Gasteiger partial charge on any atom is 0.253 e. The maximum atomic E-state index is 12.9. The minimum Gasteiger partial charge on any atom is -0.378 e. The second-order valence-electron chi connectivity index (χ2n) is 8.89. The van der Waals surface area contributed by atoms with E-state index in [0.717, 1.165) is 41.8 Å². The van der Waals surface area contributed by atoms with Gasteiger partial charge in [0.05, 0.1) is 0 Å². The highest BCUT2D eigenvalue weighted by Crippen LogP contribution is 2.23. The Hall–Kier alpha value is -2.83. The van der Waals surface area contributed by atoms with Crippen molar-refractivity contribution in [1.82, 2.24) is 14.9 Å². The molecule has 1 aliphatic heterocycles. The first kappa shape index (κ1) is 21.4. The van der Waals surface area contributed by atoms with Crippen molar-refractivity contribution in [2.24, 2.45) is 0 Å². The van der Waals surface area contributed by atoms with E-state index >= 15 is 0 Å². The van der Waals surface area contributed by atoms with Gasteiger partial charge in [-0.2, -0.15) is 4.98 Å². The minimum atomic E-state index is 0.100. The van der Waals surface area contributed by atoms with Crippen LogP contribution in [0, 0.1) is 6.92 Å². The number of aromatic nitrogens is 2. The number of hydrogen-bond acceptors (Lipinski definition) is 6. The van der Waals surface area contributed by atoms with Crippen LogP contribution in [0.3, 0.4) is 0 Å². The first-order valence-electron chi connectivity index (χ1n) is 11.4. The van der Waals surface area contributed by atoms with Crippen LogP contribution in [0.4, 0.5) is 17.5 Å². The summed E-state index contributed by atoms with van der Waals surface area (Å²) in [7, 11) is 4.00. The summed E-state index contributed by atoms with van der Waals surface area (Å²) >= 11 is 0. The molecule has 31 heavy (non-hydrogen) atoms. The molecule has 166 valence electrons. The second kappa shape index (κ2) is 9.54. The number of aryl methyl sites for hydroxylation is 1. The van der Waals surface area contributed by atoms with Crippen molar-refractivity contribution in [3.05, 3.63) is 41.6 Å². The minimum absolute atomic E-state index is 0.100. The van der Waals surface area contributed by atoms with E-state index in [1.807, 2.05) is 61.2 Å². The number of carbonyl (C=O) groups excluding carboxylic acids is 1. The number of carbonyl (C=O) groups is 1. The van der Waals surface area contributed by atoms with Gasteiger partial charge in [0.15, 0.2) is 0 Å². The Morgan fingerprint density at radius 1 is 1.00 bits per heavy atom. The third kappa shape index (κ3) is 5.27. The molecule has 0 spiro atoms. The summed E-state index contributed by atoms with van der Waals surface area (Å²) < 4.78 is 0. The third-order valence-corrected chi connectivity index (χ3v) is 6.30. The molecule has 2 aliphatic rings. The molecular weight excluding hydrogens is 388 g/mol. The van der Waals surface area contributed by atoms with E-state index in [0.29, 0.717) is 19.1 Å². The zero-order valence-corrected chi connectivity index (χ0v) is 19.0. The molecule has 7 nitrogen and oxygen atoms in total. The fraction of sp³-hybridized carbons (Fsp3) is 0.542. The Kier molecular flexibility index (Phi) is 6.59. The average Bonchev–Trinajstić information content (AvgIpc) is 2.79. The van der Waals surface area contributed by atoms with Gasteiger partial charge >= 0.3 is 0 Å². The number of amides is 1. The van der Waals surface area contributed by atoms with Gasteiger partial charge in [0, 0.05) is 69.3 Å². The van der Waals surface area contributed by atoms with Gasteiger partial charge in [0.25, 0.3) is 5.91 Å². The Morgan fingerprint density at radius 2 is 1.68 bits per heavy atom. The predicted molar refractivity (Wildman–Crippen MR) is 126 cm³/mol. The van der Waals surface area contributed by atoms with Gasteiger partial charge in [-0.1, -0.05) is 19.3 Å². The van der Waals surface area contributed by atoms with Crippen molar-refractivity contribution >= 4 is 23.4 Å². The van der Waals surface area contributed by atoms with Crippen LogP contribution in [0.1, 0.15) is 48.2 Å². The van der Waals surface area contributed by atoms with E-state index < -0.39 is 0 Å². The van der Waals surface area contributed by atoms with Crippen molar-refractivity contribution in [3.8, 4) is 0 Å². The van der Waals surface area contributed by atoms with Gasteiger partial charge in [-0.05, 0) is 44.0 Å². The summed E-state index contributed by atoms with van der Waals surface area (Å²) in [6.45, 7) is 4.97. The molecule has 2 aromatic rings. The lowest BCUT2D eigenvalue weighted by molar-refractivity contribution is 0.0746. The molecule has 0 atom stereocenters. The van der Waals surface area contributed by atoms with Crippen molar-refractivity contribution in [2.75, 3.05) is 55.4 Å². The van der Waals surface area contributed by atoms with Gasteiger partial charge < -0.3 is 20.0 Å². The van der Waals surface area contributed by atoms with Crippen LogP contribution in [0.2, 0.25) is 0 Å². The van der Waals surface area contributed by atoms with E-state index in [-0.39, 0.29) is 5.91 Å². The Morgan fingerprint density at radius 3 is 2.32 bits per heavy atom. The standard InChI is InChI=1S/C24H34N6O/c1-18-17-22(27-24(25-18)26-20-7-5-4-6-8-20)29-13-15-30(16-14-29)23(31)19-9-11-21(12-10-19)28(2)3/h9-12,17,20H,4-8,13-16H2,1-3H3,(H,25,26,27). The largest absolute Gasteiger partial charge is 0.378 e. The summed E-state index contributed by atoms with van der Waals surface area (Å²) in [6.07, 6.45) is 6.29. The monoisotopic (exact) mass is 422 g/mol. The number of piperazine rings is 1. The molecule has 2 fully saturated rings. The summed E-state index contributed by atoms with van der Waals surface area (Å²) in [5, 5.41) is 3.55. The number of anilines is 3. The molecule has 1 N–H and O–H groups in total. The van der Waals surface area contributed by atoms with Crippen LogP contribution in [0.25, 0.3) is 0 Å². The zero-order chi connectivity index (χ0) is 21.8. The third-order valence-electron chi connectivity index (χ3n) is 6.30. The maximum absolute atomic E-state index is 12.9. The molecule has 0 bridgehead atoms. The van der Waals surface area contributed by atoms with E-state index in [2.05, 4.69) is 15.2 Å². The van der Waals surface area contributed by atoms with Crippen LogP contribution in [-0.4, -0.2) is 67.1 Å². The fourth-order valence-electron chi connectivity index (χ4n) is 4.43. The number of nitrogens with one attached hydrogen (secondary N) is 1. The van der Waals surface area contributed by atoms with Crippen molar-refractivity contribution in [2.45, 2.75) is 45.1 Å². The van der Waals surface area contributed by atoms with Crippen LogP contribution >= 0.6 is 0 Å². The van der Waals surface area contributed by atoms with Crippen LogP contribution < -0.4 is 15.1 Å². The first-order valence-corrected chi connectivity index (χ1v) is 11.4. The normalized spacial score (nSPS) is 17.5. The first-order chi connectivity index (χ1) is 15.0. The molecule has 1 aliphatic carbocycles. The van der Waals surface area contributed by atoms with Gasteiger partial charge in [-0.25, -0.2) is 4.98 Å². The summed E-state index contributed by atoms with van der Waals surface area (Å²) in [6, 6.07) is 10.4. The highest BCUT2D eigenvalue weighted by Gasteiger charge is 2.24. The smallest absolute Gasteiger partial charge is 0.253 e. The number of rotatable bonds is 5. The molecule has 1 aromatic heterocycles. The van der Waals surface area contributed by atoms with E-state index in [4.69, 9.17) is 4.98 Å². The fourth-order valence-corrected chi connectivity index (χ4v) is 4.43. The van der Waals surface area contributed by atoms with Crippen LogP contribution in [0.5, 0.6) is 0 Å². The number of benzene rings is 1. The molecule has 1 amide bonds.